The molecular formula is C13H31NO3. The number of aliphatic hydroxyl groups excluding tert-OH is 1. The highest BCUT2D eigenvalue weighted by molar-refractivity contribution is 4.42. The zero-order chi connectivity index (χ0) is 13.5. The van der Waals surface area contributed by atoms with Crippen LogP contribution in [0.5, 0.6) is 0 Å². The third kappa shape index (κ3) is 31.3. The van der Waals surface area contributed by atoms with Crippen molar-refractivity contribution in [2.45, 2.75) is 26.7 Å². The van der Waals surface area contributed by atoms with E-state index in [1.165, 1.54) is 0 Å². The van der Waals surface area contributed by atoms with Gasteiger partial charge in [0.15, 0.2) is 0 Å². The molecule has 0 saturated carbocycles. The summed E-state index contributed by atoms with van der Waals surface area (Å²) in [6, 6.07) is 0. The Morgan fingerprint density at radius 1 is 0.941 bits per heavy atom. The van der Waals surface area contributed by atoms with Crippen LogP contribution in [0, 0.1) is 5.92 Å². The van der Waals surface area contributed by atoms with Crippen molar-refractivity contribution in [3.05, 3.63) is 0 Å². The van der Waals surface area contributed by atoms with Crippen molar-refractivity contribution in [1.82, 2.24) is 4.90 Å². The molecule has 0 amide bonds. The maximum absolute atomic E-state index is 8.46. The lowest BCUT2D eigenvalue weighted by molar-refractivity contribution is 0.0392. The molecule has 0 saturated heterocycles. The molecule has 1 N–H and O–H groups in total. The van der Waals surface area contributed by atoms with Crippen molar-refractivity contribution in [2.24, 2.45) is 5.92 Å². The average molecular weight is 249 g/mol. The zero-order valence-corrected chi connectivity index (χ0v) is 12.2. The molecule has 0 fully saturated rings. The molecular weight excluding hydrogens is 218 g/mol. The fourth-order valence-electron chi connectivity index (χ4n) is 0.808. The lowest BCUT2D eigenvalue weighted by atomic mass is 10.1. The first-order valence-corrected chi connectivity index (χ1v) is 6.38. The molecule has 0 bridgehead atoms. The van der Waals surface area contributed by atoms with Gasteiger partial charge in [-0.1, -0.05) is 13.8 Å². The first-order valence-electron chi connectivity index (χ1n) is 6.38. The van der Waals surface area contributed by atoms with Crippen LogP contribution >= 0.6 is 0 Å². The van der Waals surface area contributed by atoms with Crippen molar-refractivity contribution in [2.75, 3.05) is 54.2 Å². The Morgan fingerprint density at radius 2 is 1.41 bits per heavy atom. The Labute approximate surface area is 107 Å². The highest BCUT2D eigenvalue weighted by atomic mass is 16.5. The molecule has 0 spiro atoms. The normalized spacial score (nSPS) is 10.6. The van der Waals surface area contributed by atoms with Gasteiger partial charge in [-0.05, 0) is 39.9 Å². The molecule has 0 aliphatic carbocycles. The van der Waals surface area contributed by atoms with E-state index in [1.807, 2.05) is 26.0 Å². The van der Waals surface area contributed by atoms with Crippen molar-refractivity contribution < 1.29 is 14.6 Å². The molecule has 0 atom stereocenters. The minimum Gasteiger partial charge on any atom is -0.396 e. The number of ether oxygens (including phenoxy) is 2. The van der Waals surface area contributed by atoms with Gasteiger partial charge in [0.25, 0.3) is 0 Å². The Morgan fingerprint density at radius 3 is 1.82 bits per heavy atom. The molecule has 4 heteroatoms. The van der Waals surface area contributed by atoms with Crippen LogP contribution < -0.4 is 0 Å². The van der Waals surface area contributed by atoms with Gasteiger partial charge in [-0.3, -0.25) is 0 Å². The van der Waals surface area contributed by atoms with E-state index in [0.717, 1.165) is 13.0 Å². The van der Waals surface area contributed by atoms with E-state index in [2.05, 4.69) is 13.8 Å². The first-order chi connectivity index (χ1) is 8.00. The highest BCUT2D eigenvalue weighted by Gasteiger charge is 1.93. The van der Waals surface area contributed by atoms with Gasteiger partial charge in [0.2, 0.25) is 0 Å². The quantitative estimate of drug-likeness (QED) is 0.631. The molecule has 106 valence electrons. The smallest absolute Gasteiger partial charge is 0.0700 e. The lowest BCUT2D eigenvalue weighted by Gasteiger charge is -2.06. The molecule has 4 nitrogen and oxygen atoms in total. The second-order valence-electron chi connectivity index (χ2n) is 4.83. The van der Waals surface area contributed by atoms with E-state index in [1.54, 1.807) is 0 Å². The van der Waals surface area contributed by atoms with E-state index in [9.17, 15) is 0 Å². The topological polar surface area (TPSA) is 41.9 Å². The van der Waals surface area contributed by atoms with Crippen LogP contribution in [-0.2, 0) is 9.47 Å². The second-order valence-corrected chi connectivity index (χ2v) is 4.83. The molecule has 0 unspecified atom stereocenters. The van der Waals surface area contributed by atoms with Crippen molar-refractivity contribution in [3.8, 4) is 0 Å². The second kappa shape index (κ2) is 15.8. The van der Waals surface area contributed by atoms with E-state index in [-0.39, 0.29) is 6.61 Å². The van der Waals surface area contributed by atoms with E-state index < -0.39 is 0 Å². The van der Waals surface area contributed by atoms with E-state index >= 15 is 0 Å². The first kappa shape index (κ1) is 19.2. The molecule has 0 aromatic rings. The minimum atomic E-state index is 0.203. The third-order valence-corrected chi connectivity index (χ3v) is 1.66. The van der Waals surface area contributed by atoms with Gasteiger partial charge >= 0.3 is 0 Å². The van der Waals surface area contributed by atoms with Crippen molar-refractivity contribution in [3.63, 3.8) is 0 Å². The maximum Gasteiger partial charge on any atom is 0.0700 e. The Kier molecular flexibility index (Phi) is 17.9. The third-order valence-electron chi connectivity index (χ3n) is 1.66. The van der Waals surface area contributed by atoms with Gasteiger partial charge < -0.3 is 19.5 Å². The summed E-state index contributed by atoms with van der Waals surface area (Å²) in [6.07, 6.45) is 1.82. The van der Waals surface area contributed by atoms with E-state index in [0.29, 0.717) is 32.2 Å². The molecule has 0 radical (unpaired) electrons. The van der Waals surface area contributed by atoms with Gasteiger partial charge in [-0.2, -0.15) is 0 Å². The van der Waals surface area contributed by atoms with Gasteiger partial charge in [0.05, 0.1) is 13.2 Å². The van der Waals surface area contributed by atoms with Crippen LogP contribution in [0.4, 0.5) is 0 Å². The fraction of sp³-hybridized carbons (Fsp3) is 1.00. The number of hydrogen-bond acceptors (Lipinski definition) is 4. The Balaban J connectivity index is 0. The molecule has 0 aliphatic rings. The summed E-state index contributed by atoms with van der Waals surface area (Å²) in [6.45, 7) is 7.32. The van der Waals surface area contributed by atoms with Crippen LogP contribution in [0.2, 0.25) is 0 Å². The molecule has 0 aromatic heterocycles. The standard InChI is InChI=1S/C10H22O3.C3H9N/c1-10(2)4-7-13-9-8-12-6-3-5-11;1-4(2)3/h10-11H,3-9H2,1-2H3;1-3H3. The van der Waals surface area contributed by atoms with Crippen LogP contribution in [0.25, 0.3) is 0 Å². The van der Waals surface area contributed by atoms with E-state index in [4.69, 9.17) is 14.6 Å². The largest absolute Gasteiger partial charge is 0.396 e. The highest BCUT2D eigenvalue weighted by Crippen LogP contribution is 1.98. The summed E-state index contributed by atoms with van der Waals surface area (Å²) in [5, 5.41) is 8.46. The SMILES string of the molecule is CC(C)CCOCCOCCCO.CN(C)C. The summed E-state index contributed by atoms with van der Waals surface area (Å²) in [5.41, 5.74) is 0. The molecule has 17 heavy (non-hydrogen) atoms. The average Bonchev–Trinajstić information content (AvgIpc) is 2.21. The zero-order valence-electron chi connectivity index (χ0n) is 12.2. The fourth-order valence-corrected chi connectivity index (χ4v) is 0.808. The minimum absolute atomic E-state index is 0.203. The number of aliphatic hydroxyl groups is 1. The number of nitrogens with zero attached hydrogens (tertiary/aromatic N) is 1. The van der Waals surface area contributed by atoms with Gasteiger partial charge in [-0.15, -0.1) is 0 Å². The number of hydrogen-bond donors (Lipinski definition) is 1. The van der Waals surface area contributed by atoms with Crippen LogP contribution in [0.15, 0.2) is 0 Å². The summed E-state index contributed by atoms with van der Waals surface area (Å²) in [4.78, 5) is 2.00. The summed E-state index contributed by atoms with van der Waals surface area (Å²) in [5.74, 6) is 0.704. The Bertz CT molecular complexity index is 127. The van der Waals surface area contributed by atoms with Gasteiger partial charge in [0, 0.05) is 19.8 Å². The maximum atomic E-state index is 8.46. The van der Waals surface area contributed by atoms with Gasteiger partial charge in [-0.25, -0.2) is 0 Å². The van der Waals surface area contributed by atoms with Crippen LogP contribution in [0.1, 0.15) is 26.7 Å². The summed E-state index contributed by atoms with van der Waals surface area (Å²) >= 11 is 0. The molecule has 0 aliphatic heterocycles. The summed E-state index contributed by atoms with van der Waals surface area (Å²) < 4.78 is 10.5. The molecule has 0 heterocycles. The van der Waals surface area contributed by atoms with Crippen LogP contribution in [0.3, 0.4) is 0 Å². The lowest BCUT2D eigenvalue weighted by Crippen LogP contribution is -2.07. The molecule has 0 rings (SSSR count). The predicted octanol–water partition coefficient (Wildman–Crippen LogP) is 1.63. The summed E-state index contributed by atoms with van der Waals surface area (Å²) in [7, 11) is 6.00. The number of rotatable bonds is 9. The van der Waals surface area contributed by atoms with Crippen molar-refractivity contribution in [1.29, 1.82) is 0 Å². The predicted molar refractivity (Wildman–Crippen MR) is 72.4 cm³/mol. The molecule has 0 aromatic carbocycles. The van der Waals surface area contributed by atoms with Crippen molar-refractivity contribution >= 4 is 0 Å². The Hall–Kier alpha value is -0.160. The van der Waals surface area contributed by atoms with Crippen LogP contribution in [-0.4, -0.2) is 64.2 Å². The monoisotopic (exact) mass is 249 g/mol. The van der Waals surface area contributed by atoms with Gasteiger partial charge in [0.1, 0.15) is 0 Å².